The van der Waals surface area contributed by atoms with Crippen LogP contribution in [0.5, 0.6) is 0 Å². The summed E-state index contributed by atoms with van der Waals surface area (Å²) < 4.78 is 0. The van der Waals surface area contributed by atoms with Crippen LogP contribution in [-0.2, 0) is 9.59 Å². The van der Waals surface area contributed by atoms with Gasteiger partial charge in [0.05, 0.1) is 5.41 Å². The van der Waals surface area contributed by atoms with Crippen molar-refractivity contribution in [1.29, 1.82) is 0 Å². The van der Waals surface area contributed by atoms with E-state index in [1.54, 1.807) is 24.3 Å². The second-order valence-corrected chi connectivity index (χ2v) is 7.20. The zero-order valence-corrected chi connectivity index (χ0v) is 14.2. The Labute approximate surface area is 136 Å². The summed E-state index contributed by atoms with van der Waals surface area (Å²) in [5.74, 6) is -1.68. The van der Waals surface area contributed by atoms with Gasteiger partial charge in [0.1, 0.15) is 0 Å². The molecule has 0 saturated carbocycles. The highest BCUT2D eigenvalue weighted by molar-refractivity contribution is 5.98. The molecule has 0 heterocycles. The highest BCUT2D eigenvalue weighted by atomic mass is 16.4. The lowest BCUT2D eigenvalue weighted by molar-refractivity contribution is -0.148. The van der Waals surface area contributed by atoms with Crippen molar-refractivity contribution >= 4 is 23.5 Å². The number of amides is 2. The molecular formula is C17H24N2O4. The Morgan fingerprint density at radius 2 is 1.70 bits per heavy atom. The number of anilines is 1. The largest absolute Gasteiger partial charge is 0.481 e. The van der Waals surface area contributed by atoms with E-state index in [9.17, 15) is 14.4 Å². The molecule has 0 fully saturated rings. The first-order valence-electron chi connectivity index (χ1n) is 7.36. The first kappa shape index (κ1) is 18.7. The molecule has 0 radical (unpaired) electrons. The Balaban J connectivity index is 2.80. The molecule has 0 saturated heterocycles. The first-order chi connectivity index (χ1) is 10.4. The third-order valence-corrected chi connectivity index (χ3v) is 3.08. The monoisotopic (exact) mass is 320 g/mol. The quantitative estimate of drug-likeness (QED) is 0.777. The molecule has 0 bridgehead atoms. The fourth-order valence-electron chi connectivity index (χ4n) is 1.83. The molecule has 6 nitrogen and oxygen atoms in total. The van der Waals surface area contributed by atoms with Crippen LogP contribution in [0.3, 0.4) is 0 Å². The normalized spacial score (nSPS) is 11.7. The number of hydrogen-bond acceptors (Lipinski definition) is 3. The molecule has 0 atom stereocenters. The van der Waals surface area contributed by atoms with Crippen molar-refractivity contribution in [3.8, 4) is 0 Å². The molecule has 0 aliphatic carbocycles. The molecular weight excluding hydrogens is 296 g/mol. The van der Waals surface area contributed by atoms with Gasteiger partial charge in [-0.15, -0.1) is 0 Å². The topological polar surface area (TPSA) is 95.5 Å². The van der Waals surface area contributed by atoms with Crippen LogP contribution in [0.25, 0.3) is 0 Å². The van der Waals surface area contributed by atoms with Gasteiger partial charge >= 0.3 is 5.97 Å². The molecule has 6 heteroatoms. The van der Waals surface area contributed by atoms with E-state index in [1.165, 1.54) is 13.8 Å². The number of hydrogen-bond donors (Lipinski definition) is 3. The summed E-state index contributed by atoms with van der Waals surface area (Å²) in [6, 6.07) is 6.53. The summed E-state index contributed by atoms with van der Waals surface area (Å²) in [4.78, 5) is 35.1. The summed E-state index contributed by atoms with van der Waals surface area (Å²) in [7, 11) is 0. The van der Waals surface area contributed by atoms with E-state index in [2.05, 4.69) is 10.6 Å². The first-order valence-corrected chi connectivity index (χ1v) is 7.36. The minimum atomic E-state index is -1.15. The summed E-state index contributed by atoms with van der Waals surface area (Å²) in [6.07, 6.45) is -0.152. The Morgan fingerprint density at radius 3 is 2.22 bits per heavy atom. The van der Waals surface area contributed by atoms with Crippen molar-refractivity contribution in [1.82, 2.24) is 5.32 Å². The molecule has 126 valence electrons. The Kier molecular flexibility index (Phi) is 5.53. The molecule has 0 aromatic heterocycles. The van der Waals surface area contributed by atoms with Gasteiger partial charge in [0, 0.05) is 23.2 Å². The minimum Gasteiger partial charge on any atom is -0.481 e. The molecule has 1 aromatic rings. The van der Waals surface area contributed by atoms with Crippen LogP contribution in [0, 0.1) is 5.41 Å². The van der Waals surface area contributed by atoms with Gasteiger partial charge in [0.25, 0.3) is 5.91 Å². The smallest absolute Gasteiger partial charge is 0.309 e. The number of carboxylic acid groups (broad SMARTS) is 1. The molecule has 0 spiro atoms. The Hall–Kier alpha value is -2.37. The number of nitrogens with one attached hydrogen (secondary N) is 2. The molecule has 2 amide bonds. The molecule has 0 aliphatic rings. The zero-order valence-electron chi connectivity index (χ0n) is 14.2. The number of carbonyl (C=O) groups is 3. The van der Waals surface area contributed by atoms with Crippen LogP contribution in [0.2, 0.25) is 0 Å². The molecule has 1 rings (SSSR count). The third kappa shape index (κ3) is 6.10. The SMILES string of the molecule is CC(C)(C)NC(=O)c1cccc(NC(=O)CC(C)(C)C(=O)O)c1. The van der Waals surface area contributed by atoms with Gasteiger partial charge < -0.3 is 15.7 Å². The molecule has 3 N–H and O–H groups in total. The summed E-state index contributed by atoms with van der Waals surface area (Å²) in [6.45, 7) is 8.61. The molecule has 23 heavy (non-hydrogen) atoms. The second kappa shape index (κ2) is 6.81. The summed E-state index contributed by atoms with van der Waals surface area (Å²) in [5, 5.41) is 14.5. The van der Waals surface area contributed by atoms with E-state index >= 15 is 0 Å². The Bertz CT molecular complexity index is 615. The number of benzene rings is 1. The fourth-order valence-corrected chi connectivity index (χ4v) is 1.83. The van der Waals surface area contributed by atoms with E-state index in [1.807, 2.05) is 20.8 Å². The van der Waals surface area contributed by atoms with Crippen molar-refractivity contribution < 1.29 is 19.5 Å². The lowest BCUT2D eigenvalue weighted by atomic mass is 9.89. The fraction of sp³-hybridized carbons (Fsp3) is 0.471. The van der Waals surface area contributed by atoms with E-state index < -0.39 is 17.3 Å². The molecule has 0 aliphatic heterocycles. The predicted molar refractivity (Wildman–Crippen MR) is 88.3 cm³/mol. The Morgan fingerprint density at radius 1 is 1.09 bits per heavy atom. The van der Waals surface area contributed by atoms with Crippen molar-refractivity contribution in [3.63, 3.8) is 0 Å². The van der Waals surface area contributed by atoms with Gasteiger partial charge in [-0.1, -0.05) is 6.07 Å². The third-order valence-electron chi connectivity index (χ3n) is 3.08. The maximum Gasteiger partial charge on any atom is 0.309 e. The minimum absolute atomic E-state index is 0.152. The van der Waals surface area contributed by atoms with E-state index in [0.29, 0.717) is 11.3 Å². The van der Waals surface area contributed by atoms with E-state index in [4.69, 9.17) is 5.11 Å². The van der Waals surface area contributed by atoms with Crippen LogP contribution in [-0.4, -0.2) is 28.4 Å². The van der Waals surface area contributed by atoms with Gasteiger partial charge in [-0.3, -0.25) is 14.4 Å². The van der Waals surface area contributed by atoms with E-state index in [-0.39, 0.29) is 17.9 Å². The van der Waals surface area contributed by atoms with Gasteiger partial charge in [-0.2, -0.15) is 0 Å². The van der Waals surface area contributed by atoms with Gasteiger partial charge in [-0.05, 0) is 52.8 Å². The zero-order chi connectivity index (χ0) is 17.8. The number of carboxylic acids is 1. The number of aliphatic carboxylic acids is 1. The number of carbonyl (C=O) groups excluding carboxylic acids is 2. The van der Waals surface area contributed by atoms with Gasteiger partial charge in [0.15, 0.2) is 0 Å². The maximum absolute atomic E-state index is 12.1. The van der Waals surface area contributed by atoms with Crippen molar-refractivity contribution in [2.75, 3.05) is 5.32 Å². The average molecular weight is 320 g/mol. The lowest BCUT2D eigenvalue weighted by Crippen LogP contribution is -2.40. The van der Waals surface area contributed by atoms with Crippen LogP contribution < -0.4 is 10.6 Å². The van der Waals surface area contributed by atoms with E-state index in [0.717, 1.165) is 0 Å². The lowest BCUT2D eigenvalue weighted by Gasteiger charge is -2.21. The van der Waals surface area contributed by atoms with Gasteiger partial charge in [-0.25, -0.2) is 0 Å². The average Bonchev–Trinajstić information content (AvgIpc) is 2.35. The summed E-state index contributed by atoms with van der Waals surface area (Å²) in [5.41, 5.74) is -0.624. The maximum atomic E-state index is 12.1. The highest BCUT2D eigenvalue weighted by Crippen LogP contribution is 2.21. The molecule has 1 aromatic carbocycles. The predicted octanol–water partition coefficient (Wildman–Crippen LogP) is 2.65. The van der Waals surface area contributed by atoms with Crippen molar-refractivity contribution in [3.05, 3.63) is 29.8 Å². The van der Waals surface area contributed by atoms with Crippen LogP contribution in [0.15, 0.2) is 24.3 Å². The second-order valence-electron chi connectivity index (χ2n) is 7.20. The van der Waals surface area contributed by atoms with Crippen molar-refractivity contribution in [2.24, 2.45) is 5.41 Å². The van der Waals surface area contributed by atoms with Crippen LogP contribution >= 0.6 is 0 Å². The van der Waals surface area contributed by atoms with Crippen molar-refractivity contribution in [2.45, 2.75) is 46.6 Å². The van der Waals surface area contributed by atoms with Crippen LogP contribution in [0.1, 0.15) is 51.4 Å². The highest BCUT2D eigenvalue weighted by Gasteiger charge is 2.30. The standard InChI is InChI=1S/C17H24N2O4/c1-16(2,3)19-14(21)11-7-6-8-12(9-11)18-13(20)10-17(4,5)15(22)23/h6-9H,10H2,1-5H3,(H,18,20)(H,19,21)(H,22,23). The number of rotatable bonds is 5. The molecule has 0 unspecified atom stereocenters. The van der Waals surface area contributed by atoms with Crippen LogP contribution in [0.4, 0.5) is 5.69 Å². The summed E-state index contributed by atoms with van der Waals surface area (Å²) >= 11 is 0. The van der Waals surface area contributed by atoms with Gasteiger partial charge in [0.2, 0.25) is 5.91 Å².